The Hall–Kier alpha value is -1.67. The molecule has 0 spiro atoms. The second-order valence-corrected chi connectivity index (χ2v) is 6.51. The third-order valence-electron chi connectivity index (χ3n) is 2.98. The molecule has 0 radical (unpaired) electrons. The quantitative estimate of drug-likeness (QED) is 0.584. The molecule has 6 heteroatoms. The standard InChI is InChI=1S/C16H16IN3OS/c1-20(2)14-9-7-13(8-10-14)18-16(22)19-15(21)11-3-5-12(17)6-4-11/h3-10H,1-2H3,(H2,18,19,21,22). The number of anilines is 2. The number of benzene rings is 2. The van der Waals surface area contributed by atoms with Gasteiger partial charge in [0.25, 0.3) is 5.91 Å². The average molecular weight is 425 g/mol. The molecule has 0 heterocycles. The third-order valence-corrected chi connectivity index (χ3v) is 3.90. The molecule has 2 aromatic carbocycles. The van der Waals surface area contributed by atoms with Crippen LogP contribution in [0.25, 0.3) is 0 Å². The van der Waals surface area contributed by atoms with Crippen molar-refractivity contribution in [2.24, 2.45) is 0 Å². The van der Waals surface area contributed by atoms with Gasteiger partial charge in [-0.05, 0) is 83.3 Å². The Labute approximate surface area is 149 Å². The van der Waals surface area contributed by atoms with Crippen LogP contribution in [0.5, 0.6) is 0 Å². The molecular weight excluding hydrogens is 409 g/mol. The van der Waals surface area contributed by atoms with E-state index in [2.05, 4.69) is 33.2 Å². The molecule has 1 amide bonds. The SMILES string of the molecule is CN(C)c1ccc(NC(=S)NC(=O)c2ccc(I)cc2)cc1. The molecule has 2 N–H and O–H groups in total. The molecule has 22 heavy (non-hydrogen) atoms. The van der Waals surface area contributed by atoms with Crippen molar-refractivity contribution in [2.75, 3.05) is 24.3 Å². The molecule has 0 aromatic heterocycles. The van der Waals surface area contributed by atoms with Crippen LogP contribution in [0.15, 0.2) is 48.5 Å². The van der Waals surface area contributed by atoms with Crippen molar-refractivity contribution >= 4 is 57.2 Å². The van der Waals surface area contributed by atoms with Crippen LogP contribution in [0.4, 0.5) is 11.4 Å². The van der Waals surface area contributed by atoms with Gasteiger partial charge in [-0.3, -0.25) is 10.1 Å². The number of thiocarbonyl (C=S) groups is 1. The molecule has 0 aliphatic heterocycles. The first-order valence-corrected chi connectivity index (χ1v) is 8.09. The molecule has 0 fully saturated rings. The summed E-state index contributed by atoms with van der Waals surface area (Å²) in [6, 6.07) is 15.1. The van der Waals surface area contributed by atoms with E-state index in [0.29, 0.717) is 5.56 Å². The van der Waals surface area contributed by atoms with Crippen LogP contribution in [-0.2, 0) is 0 Å². The summed E-state index contributed by atoms with van der Waals surface area (Å²) in [5, 5.41) is 5.95. The van der Waals surface area contributed by atoms with E-state index in [-0.39, 0.29) is 11.0 Å². The number of nitrogens with one attached hydrogen (secondary N) is 2. The Morgan fingerprint density at radius 2 is 1.64 bits per heavy atom. The molecule has 0 bridgehead atoms. The zero-order valence-electron chi connectivity index (χ0n) is 12.3. The number of rotatable bonds is 3. The zero-order chi connectivity index (χ0) is 16.1. The smallest absolute Gasteiger partial charge is 0.257 e. The minimum atomic E-state index is -0.223. The van der Waals surface area contributed by atoms with Gasteiger partial charge in [0.2, 0.25) is 0 Å². The van der Waals surface area contributed by atoms with Gasteiger partial charge < -0.3 is 10.2 Å². The second-order valence-electron chi connectivity index (χ2n) is 4.86. The highest BCUT2D eigenvalue weighted by Crippen LogP contribution is 2.15. The highest BCUT2D eigenvalue weighted by Gasteiger charge is 2.07. The van der Waals surface area contributed by atoms with Crippen molar-refractivity contribution < 1.29 is 4.79 Å². The van der Waals surface area contributed by atoms with Crippen LogP contribution >= 0.6 is 34.8 Å². The zero-order valence-corrected chi connectivity index (χ0v) is 15.2. The molecule has 0 aliphatic carbocycles. The lowest BCUT2D eigenvalue weighted by Gasteiger charge is -2.14. The predicted octanol–water partition coefficient (Wildman–Crippen LogP) is 3.48. The van der Waals surface area contributed by atoms with Gasteiger partial charge in [0, 0.05) is 34.6 Å². The molecule has 114 valence electrons. The maximum Gasteiger partial charge on any atom is 0.257 e. The highest BCUT2D eigenvalue weighted by molar-refractivity contribution is 14.1. The molecule has 2 rings (SSSR count). The second kappa shape index (κ2) is 7.55. The van der Waals surface area contributed by atoms with Crippen LogP contribution in [-0.4, -0.2) is 25.1 Å². The third kappa shape index (κ3) is 4.67. The van der Waals surface area contributed by atoms with Crippen molar-refractivity contribution in [3.8, 4) is 0 Å². The van der Waals surface area contributed by atoms with E-state index in [0.717, 1.165) is 14.9 Å². The minimum Gasteiger partial charge on any atom is -0.378 e. The lowest BCUT2D eigenvalue weighted by molar-refractivity contribution is 0.0977. The molecule has 4 nitrogen and oxygen atoms in total. The van der Waals surface area contributed by atoms with Crippen molar-refractivity contribution in [3.05, 3.63) is 57.7 Å². The Morgan fingerprint density at radius 1 is 1.05 bits per heavy atom. The van der Waals surface area contributed by atoms with Crippen LogP contribution in [0.2, 0.25) is 0 Å². The Morgan fingerprint density at radius 3 is 2.18 bits per heavy atom. The first-order valence-electron chi connectivity index (χ1n) is 6.61. The summed E-state index contributed by atoms with van der Waals surface area (Å²) in [7, 11) is 3.96. The van der Waals surface area contributed by atoms with Crippen molar-refractivity contribution in [2.45, 2.75) is 0 Å². The van der Waals surface area contributed by atoms with Gasteiger partial charge in [0.1, 0.15) is 0 Å². The maximum atomic E-state index is 12.1. The van der Waals surface area contributed by atoms with E-state index in [4.69, 9.17) is 12.2 Å². The van der Waals surface area contributed by atoms with E-state index >= 15 is 0 Å². The number of nitrogens with zero attached hydrogens (tertiary/aromatic N) is 1. The summed E-state index contributed by atoms with van der Waals surface area (Å²) in [6.45, 7) is 0. The van der Waals surface area contributed by atoms with Crippen molar-refractivity contribution in [1.29, 1.82) is 0 Å². The molecule has 0 saturated heterocycles. The van der Waals surface area contributed by atoms with E-state index < -0.39 is 0 Å². The van der Waals surface area contributed by atoms with Gasteiger partial charge >= 0.3 is 0 Å². The van der Waals surface area contributed by atoms with E-state index in [1.807, 2.05) is 55.4 Å². The first-order chi connectivity index (χ1) is 10.5. The number of hydrogen-bond donors (Lipinski definition) is 2. The van der Waals surface area contributed by atoms with E-state index in [1.54, 1.807) is 12.1 Å². The van der Waals surface area contributed by atoms with Gasteiger partial charge in [-0.25, -0.2) is 0 Å². The summed E-state index contributed by atoms with van der Waals surface area (Å²) in [4.78, 5) is 14.1. The number of amides is 1. The van der Waals surface area contributed by atoms with E-state index in [9.17, 15) is 4.79 Å². The number of carbonyl (C=O) groups is 1. The maximum absolute atomic E-state index is 12.1. The van der Waals surface area contributed by atoms with Crippen LogP contribution in [0.3, 0.4) is 0 Å². The fourth-order valence-electron chi connectivity index (χ4n) is 1.78. The summed E-state index contributed by atoms with van der Waals surface area (Å²) in [5.74, 6) is -0.223. The molecular formula is C16H16IN3OS. The van der Waals surface area contributed by atoms with Crippen LogP contribution in [0.1, 0.15) is 10.4 Å². The van der Waals surface area contributed by atoms with Gasteiger partial charge in [-0.15, -0.1) is 0 Å². The largest absolute Gasteiger partial charge is 0.378 e. The van der Waals surface area contributed by atoms with Crippen molar-refractivity contribution in [1.82, 2.24) is 5.32 Å². The van der Waals surface area contributed by atoms with Gasteiger partial charge in [0.15, 0.2) is 5.11 Å². The fourth-order valence-corrected chi connectivity index (χ4v) is 2.35. The monoisotopic (exact) mass is 425 g/mol. The number of hydrogen-bond acceptors (Lipinski definition) is 3. The van der Waals surface area contributed by atoms with E-state index in [1.165, 1.54) is 0 Å². The van der Waals surface area contributed by atoms with Gasteiger partial charge in [-0.2, -0.15) is 0 Å². The van der Waals surface area contributed by atoms with Crippen molar-refractivity contribution in [3.63, 3.8) is 0 Å². The normalized spacial score (nSPS) is 9.95. The molecule has 0 atom stereocenters. The first kappa shape index (κ1) is 16.7. The Bertz CT molecular complexity index is 669. The topological polar surface area (TPSA) is 44.4 Å². The lowest BCUT2D eigenvalue weighted by Crippen LogP contribution is -2.34. The highest BCUT2D eigenvalue weighted by atomic mass is 127. The number of halogens is 1. The molecule has 2 aromatic rings. The molecule has 0 aliphatic rings. The summed E-state index contributed by atoms with van der Waals surface area (Å²) in [6.07, 6.45) is 0. The number of carbonyl (C=O) groups excluding carboxylic acids is 1. The fraction of sp³-hybridized carbons (Fsp3) is 0.125. The average Bonchev–Trinajstić information content (AvgIpc) is 2.48. The van der Waals surface area contributed by atoms with Crippen LogP contribution in [0, 0.1) is 3.57 Å². The lowest BCUT2D eigenvalue weighted by atomic mass is 10.2. The van der Waals surface area contributed by atoms with Crippen LogP contribution < -0.4 is 15.5 Å². The summed E-state index contributed by atoms with van der Waals surface area (Å²) in [5.41, 5.74) is 2.51. The minimum absolute atomic E-state index is 0.223. The Kier molecular flexibility index (Phi) is 5.73. The summed E-state index contributed by atoms with van der Waals surface area (Å²) < 4.78 is 1.08. The Balaban J connectivity index is 1.94. The summed E-state index contributed by atoms with van der Waals surface area (Å²) >= 11 is 7.36. The molecule has 0 saturated carbocycles. The predicted molar refractivity (Wildman–Crippen MR) is 104 cm³/mol. The molecule has 0 unspecified atom stereocenters. The van der Waals surface area contributed by atoms with Gasteiger partial charge in [0.05, 0.1) is 0 Å². The van der Waals surface area contributed by atoms with Gasteiger partial charge in [-0.1, -0.05) is 0 Å².